The smallest absolute Gasteiger partial charge is 0.349 e. The van der Waals surface area contributed by atoms with Gasteiger partial charge in [0.2, 0.25) is 0 Å². The van der Waals surface area contributed by atoms with Gasteiger partial charge in [0.15, 0.2) is 0 Å². The second-order valence-corrected chi connectivity index (χ2v) is 4.65. The van der Waals surface area contributed by atoms with Crippen LogP contribution in [0.5, 0.6) is 0 Å². The minimum Gasteiger partial charge on any atom is -0.465 e. The molecular formula is C11H7ClFNO2S. The fraction of sp³-hybridized carbons (Fsp3) is 0.0909. The molecule has 0 radical (unpaired) electrons. The molecule has 1 aromatic heterocycles. The van der Waals surface area contributed by atoms with E-state index >= 15 is 0 Å². The molecule has 17 heavy (non-hydrogen) atoms. The number of thiazole rings is 1. The molecule has 6 heteroatoms. The minimum absolute atomic E-state index is 0.287. The molecule has 0 aliphatic rings. The molecule has 0 fully saturated rings. The van der Waals surface area contributed by atoms with E-state index < -0.39 is 11.8 Å². The van der Waals surface area contributed by atoms with Gasteiger partial charge in [-0.3, -0.25) is 0 Å². The number of nitrogens with zero attached hydrogens (tertiary/aromatic N) is 1. The summed E-state index contributed by atoms with van der Waals surface area (Å²) in [5.41, 5.74) is 0.537. The molecule has 0 saturated carbocycles. The fourth-order valence-corrected chi connectivity index (χ4v) is 2.32. The second-order valence-electron chi connectivity index (χ2n) is 3.18. The summed E-state index contributed by atoms with van der Waals surface area (Å²) in [5, 5.41) is 0.807. The zero-order valence-corrected chi connectivity index (χ0v) is 10.3. The van der Waals surface area contributed by atoms with Crippen LogP contribution in [0, 0.1) is 5.82 Å². The van der Waals surface area contributed by atoms with Crippen LogP contribution < -0.4 is 0 Å². The molecule has 0 saturated heterocycles. The zero-order chi connectivity index (χ0) is 12.4. The van der Waals surface area contributed by atoms with Crippen molar-refractivity contribution in [1.29, 1.82) is 0 Å². The molecule has 2 aromatic rings. The summed E-state index contributed by atoms with van der Waals surface area (Å²) < 4.78 is 17.7. The van der Waals surface area contributed by atoms with Gasteiger partial charge in [0, 0.05) is 10.6 Å². The number of halogens is 2. The number of carbonyl (C=O) groups excluding carboxylic acids is 1. The van der Waals surface area contributed by atoms with E-state index in [1.165, 1.54) is 25.4 Å². The molecule has 88 valence electrons. The monoisotopic (exact) mass is 271 g/mol. The first kappa shape index (κ1) is 12.0. The van der Waals surface area contributed by atoms with Gasteiger partial charge in [-0.15, -0.1) is 11.3 Å². The average Bonchev–Trinajstić information content (AvgIpc) is 2.76. The molecule has 0 aliphatic heterocycles. The number of esters is 1. The number of ether oxygens (including phenoxy) is 1. The predicted molar refractivity (Wildman–Crippen MR) is 63.9 cm³/mol. The van der Waals surface area contributed by atoms with Crippen LogP contribution in [0.1, 0.15) is 9.67 Å². The van der Waals surface area contributed by atoms with Crippen LogP contribution in [0.2, 0.25) is 5.02 Å². The Morgan fingerprint density at radius 2 is 2.24 bits per heavy atom. The molecule has 0 amide bonds. The molecule has 3 nitrogen and oxygen atoms in total. The van der Waals surface area contributed by atoms with E-state index in [9.17, 15) is 9.18 Å². The highest BCUT2D eigenvalue weighted by Crippen LogP contribution is 2.28. The molecule has 1 aromatic carbocycles. The van der Waals surface area contributed by atoms with Gasteiger partial charge in [-0.25, -0.2) is 14.2 Å². The van der Waals surface area contributed by atoms with Crippen molar-refractivity contribution in [1.82, 2.24) is 4.98 Å². The van der Waals surface area contributed by atoms with Gasteiger partial charge >= 0.3 is 5.97 Å². The third-order valence-corrected chi connectivity index (χ3v) is 3.25. The molecule has 1 heterocycles. The predicted octanol–water partition coefficient (Wildman–Crippen LogP) is 3.39. The van der Waals surface area contributed by atoms with Crippen LogP contribution in [0.3, 0.4) is 0 Å². The van der Waals surface area contributed by atoms with Gasteiger partial charge < -0.3 is 4.74 Å². The summed E-state index contributed by atoms with van der Waals surface area (Å²) in [6.07, 6.45) is 1.39. The van der Waals surface area contributed by atoms with Crippen LogP contribution in [-0.4, -0.2) is 18.1 Å². The Bertz CT molecular complexity index is 550. The number of benzene rings is 1. The van der Waals surface area contributed by atoms with Gasteiger partial charge in [0.05, 0.1) is 13.3 Å². The van der Waals surface area contributed by atoms with E-state index in [1.54, 1.807) is 6.07 Å². The Kier molecular flexibility index (Phi) is 3.40. The van der Waals surface area contributed by atoms with Crippen molar-refractivity contribution in [3.63, 3.8) is 0 Å². The normalized spacial score (nSPS) is 10.3. The Morgan fingerprint density at radius 1 is 1.47 bits per heavy atom. The van der Waals surface area contributed by atoms with Gasteiger partial charge in [0.1, 0.15) is 15.7 Å². The number of hydrogen-bond acceptors (Lipinski definition) is 4. The quantitative estimate of drug-likeness (QED) is 0.786. The van der Waals surface area contributed by atoms with E-state index in [2.05, 4.69) is 9.72 Å². The molecule has 0 bridgehead atoms. The fourth-order valence-electron chi connectivity index (χ4n) is 1.28. The maximum absolute atomic E-state index is 13.1. The van der Waals surface area contributed by atoms with Crippen LogP contribution in [0.4, 0.5) is 4.39 Å². The lowest BCUT2D eigenvalue weighted by Gasteiger charge is -1.97. The summed E-state index contributed by atoms with van der Waals surface area (Å²) in [4.78, 5) is 15.6. The van der Waals surface area contributed by atoms with Crippen molar-refractivity contribution in [2.75, 3.05) is 7.11 Å². The van der Waals surface area contributed by atoms with Gasteiger partial charge in [-0.05, 0) is 18.2 Å². The molecular weight excluding hydrogens is 265 g/mol. The largest absolute Gasteiger partial charge is 0.465 e. The minimum atomic E-state index is -0.462. The summed E-state index contributed by atoms with van der Waals surface area (Å²) in [6, 6.07) is 4.11. The number of hydrogen-bond donors (Lipinski definition) is 0. The third kappa shape index (κ3) is 2.62. The van der Waals surface area contributed by atoms with Crippen LogP contribution in [0.25, 0.3) is 10.6 Å². The van der Waals surface area contributed by atoms with Crippen LogP contribution >= 0.6 is 22.9 Å². The molecule has 0 atom stereocenters. The summed E-state index contributed by atoms with van der Waals surface area (Å²) in [6.45, 7) is 0. The Labute approximate surface area is 106 Å². The SMILES string of the molecule is COC(=O)c1cnc(-c2cc(F)cc(Cl)c2)s1. The first-order valence-corrected chi connectivity index (χ1v) is 5.80. The van der Waals surface area contributed by atoms with Crippen molar-refractivity contribution in [2.24, 2.45) is 0 Å². The number of aromatic nitrogens is 1. The second kappa shape index (κ2) is 4.81. The van der Waals surface area contributed by atoms with Gasteiger partial charge in [-0.1, -0.05) is 11.6 Å². The van der Waals surface area contributed by atoms with Crippen molar-refractivity contribution < 1.29 is 13.9 Å². The topological polar surface area (TPSA) is 39.2 Å². The first-order chi connectivity index (χ1) is 8.10. The van der Waals surface area contributed by atoms with Crippen LogP contribution in [0.15, 0.2) is 24.4 Å². The summed E-state index contributed by atoms with van der Waals surface area (Å²) in [7, 11) is 1.29. The Balaban J connectivity index is 2.40. The lowest BCUT2D eigenvalue weighted by molar-refractivity contribution is 0.0606. The molecule has 0 unspecified atom stereocenters. The van der Waals surface area contributed by atoms with Crippen molar-refractivity contribution in [3.05, 3.63) is 40.1 Å². The van der Waals surface area contributed by atoms with E-state index in [1.807, 2.05) is 0 Å². The molecule has 0 spiro atoms. The zero-order valence-electron chi connectivity index (χ0n) is 8.74. The lowest BCUT2D eigenvalue weighted by atomic mass is 10.2. The molecule has 0 aliphatic carbocycles. The maximum atomic E-state index is 13.1. The average molecular weight is 272 g/mol. The highest BCUT2D eigenvalue weighted by Gasteiger charge is 2.12. The van der Waals surface area contributed by atoms with Gasteiger partial charge in [0.25, 0.3) is 0 Å². The number of methoxy groups -OCH3 is 1. The van der Waals surface area contributed by atoms with Gasteiger partial charge in [-0.2, -0.15) is 0 Å². The van der Waals surface area contributed by atoms with E-state index in [0.29, 0.717) is 15.4 Å². The van der Waals surface area contributed by atoms with Crippen LogP contribution in [-0.2, 0) is 4.74 Å². The first-order valence-electron chi connectivity index (χ1n) is 4.61. The highest BCUT2D eigenvalue weighted by molar-refractivity contribution is 7.16. The standard InChI is InChI=1S/C11H7ClFNO2S/c1-16-11(15)9-5-14-10(17-9)6-2-7(12)4-8(13)3-6/h2-5H,1H3. The molecule has 2 rings (SSSR count). The third-order valence-electron chi connectivity index (χ3n) is 2.00. The summed E-state index contributed by atoms with van der Waals surface area (Å²) >= 11 is 6.87. The van der Waals surface area contributed by atoms with Crippen molar-refractivity contribution >= 4 is 28.9 Å². The number of carbonyl (C=O) groups is 1. The Hall–Kier alpha value is -1.46. The maximum Gasteiger partial charge on any atom is 0.349 e. The van der Waals surface area contributed by atoms with Crippen molar-refractivity contribution in [2.45, 2.75) is 0 Å². The van der Waals surface area contributed by atoms with E-state index in [0.717, 1.165) is 11.3 Å². The Morgan fingerprint density at radius 3 is 2.88 bits per heavy atom. The van der Waals surface area contributed by atoms with Crippen molar-refractivity contribution in [3.8, 4) is 10.6 Å². The molecule has 0 N–H and O–H groups in total. The highest BCUT2D eigenvalue weighted by atomic mass is 35.5. The summed E-state index contributed by atoms with van der Waals surface area (Å²) in [5.74, 6) is -0.904. The number of rotatable bonds is 2. The van der Waals surface area contributed by atoms with E-state index in [4.69, 9.17) is 11.6 Å². The van der Waals surface area contributed by atoms with E-state index in [-0.39, 0.29) is 5.02 Å². The lowest BCUT2D eigenvalue weighted by Crippen LogP contribution is -1.96.